The van der Waals surface area contributed by atoms with Gasteiger partial charge in [-0.25, -0.2) is 0 Å². The molecule has 2 rings (SSSR count). The number of nitrogens with zero attached hydrogens (tertiary/aromatic N) is 1. The van der Waals surface area contributed by atoms with Crippen molar-refractivity contribution >= 4 is 11.6 Å². The average Bonchev–Trinajstić information content (AvgIpc) is 2.99. The van der Waals surface area contributed by atoms with Gasteiger partial charge in [-0.05, 0) is 44.2 Å². The lowest BCUT2D eigenvalue weighted by molar-refractivity contribution is 0.181. The van der Waals surface area contributed by atoms with Gasteiger partial charge < -0.3 is 4.90 Å². The molecule has 2 fully saturated rings. The van der Waals surface area contributed by atoms with Gasteiger partial charge in [0.2, 0.25) is 0 Å². The molecule has 0 N–H and O–H groups in total. The van der Waals surface area contributed by atoms with Crippen LogP contribution in [0.1, 0.15) is 32.1 Å². The first-order valence-electron chi connectivity index (χ1n) is 5.67. The Kier molecular flexibility index (Phi) is 3.51. The Morgan fingerprint density at radius 2 is 2.00 bits per heavy atom. The summed E-state index contributed by atoms with van der Waals surface area (Å²) in [6, 6.07) is 0. The number of rotatable bonds is 4. The second-order valence-electron chi connectivity index (χ2n) is 4.70. The summed E-state index contributed by atoms with van der Waals surface area (Å²) in [5, 5.41) is 0. The van der Waals surface area contributed by atoms with E-state index in [1.54, 1.807) is 0 Å². The fraction of sp³-hybridized carbons (Fsp3) is 1.00. The molecule has 0 radical (unpaired) electrons. The van der Waals surface area contributed by atoms with E-state index < -0.39 is 0 Å². The SMILES string of the molecule is ClCC1CCCN(CCC2CC2)C1. The Balaban J connectivity index is 1.65. The highest BCUT2D eigenvalue weighted by Gasteiger charge is 2.24. The molecule has 0 amide bonds. The van der Waals surface area contributed by atoms with Gasteiger partial charge in [-0.15, -0.1) is 11.6 Å². The van der Waals surface area contributed by atoms with Crippen LogP contribution in [0.4, 0.5) is 0 Å². The first-order valence-corrected chi connectivity index (χ1v) is 6.20. The molecule has 2 aliphatic rings. The molecule has 1 nitrogen and oxygen atoms in total. The van der Waals surface area contributed by atoms with Crippen LogP contribution in [0.2, 0.25) is 0 Å². The lowest BCUT2D eigenvalue weighted by atomic mass is 10.00. The minimum absolute atomic E-state index is 0.773. The highest BCUT2D eigenvalue weighted by atomic mass is 35.5. The molecule has 0 bridgehead atoms. The van der Waals surface area contributed by atoms with Crippen molar-refractivity contribution in [3.8, 4) is 0 Å². The predicted molar refractivity (Wildman–Crippen MR) is 57.2 cm³/mol. The molecule has 0 aromatic carbocycles. The van der Waals surface area contributed by atoms with Crippen LogP contribution in [0.5, 0.6) is 0 Å². The van der Waals surface area contributed by atoms with Crippen LogP contribution in [-0.4, -0.2) is 30.4 Å². The van der Waals surface area contributed by atoms with E-state index >= 15 is 0 Å². The molecule has 1 aliphatic heterocycles. The highest BCUT2D eigenvalue weighted by Crippen LogP contribution is 2.32. The molecule has 1 saturated heterocycles. The molecule has 0 aromatic rings. The zero-order valence-electron chi connectivity index (χ0n) is 8.34. The van der Waals surface area contributed by atoms with Crippen molar-refractivity contribution in [3.05, 3.63) is 0 Å². The fourth-order valence-corrected chi connectivity index (χ4v) is 2.50. The molecule has 13 heavy (non-hydrogen) atoms. The summed E-state index contributed by atoms with van der Waals surface area (Å²) in [5.74, 6) is 2.71. The Bertz CT molecular complexity index is 156. The average molecular weight is 202 g/mol. The summed E-state index contributed by atoms with van der Waals surface area (Å²) in [7, 11) is 0. The first-order chi connectivity index (χ1) is 6.38. The third kappa shape index (κ3) is 3.14. The third-order valence-electron chi connectivity index (χ3n) is 3.37. The molecular weight excluding hydrogens is 182 g/mol. The maximum atomic E-state index is 5.89. The fourth-order valence-electron chi connectivity index (χ4n) is 2.25. The molecule has 0 spiro atoms. The monoisotopic (exact) mass is 201 g/mol. The van der Waals surface area contributed by atoms with Gasteiger partial charge >= 0.3 is 0 Å². The number of halogens is 1. The van der Waals surface area contributed by atoms with Crippen LogP contribution in [0.15, 0.2) is 0 Å². The Hall–Kier alpha value is 0.250. The van der Waals surface area contributed by atoms with Gasteiger partial charge in [0.1, 0.15) is 0 Å². The van der Waals surface area contributed by atoms with Gasteiger partial charge in [0.05, 0.1) is 0 Å². The van der Waals surface area contributed by atoms with Gasteiger partial charge in [-0.2, -0.15) is 0 Å². The Morgan fingerprint density at radius 1 is 1.15 bits per heavy atom. The van der Waals surface area contributed by atoms with Crippen LogP contribution in [0, 0.1) is 11.8 Å². The van der Waals surface area contributed by atoms with Crippen LogP contribution in [0.3, 0.4) is 0 Å². The standard InChI is InChI=1S/C11H20ClN/c12-8-11-2-1-6-13(9-11)7-5-10-3-4-10/h10-11H,1-9H2. The molecule has 2 heteroatoms. The minimum atomic E-state index is 0.773. The number of piperidine rings is 1. The van der Waals surface area contributed by atoms with Crippen LogP contribution in [-0.2, 0) is 0 Å². The van der Waals surface area contributed by atoms with Crippen molar-refractivity contribution in [1.29, 1.82) is 0 Å². The zero-order chi connectivity index (χ0) is 9.10. The summed E-state index contributed by atoms with van der Waals surface area (Å²) in [6.45, 7) is 3.91. The van der Waals surface area contributed by atoms with E-state index in [2.05, 4.69) is 4.90 Å². The molecule has 1 unspecified atom stereocenters. The second kappa shape index (κ2) is 4.65. The van der Waals surface area contributed by atoms with Crippen molar-refractivity contribution in [1.82, 2.24) is 4.90 Å². The van der Waals surface area contributed by atoms with Gasteiger partial charge in [0.25, 0.3) is 0 Å². The summed E-state index contributed by atoms with van der Waals surface area (Å²) < 4.78 is 0. The van der Waals surface area contributed by atoms with E-state index in [0.29, 0.717) is 0 Å². The van der Waals surface area contributed by atoms with Crippen LogP contribution in [0.25, 0.3) is 0 Å². The molecule has 1 heterocycles. The van der Waals surface area contributed by atoms with Crippen molar-refractivity contribution in [2.75, 3.05) is 25.5 Å². The maximum Gasteiger partial charge on any atom is 0.0263 e. The Morgan fingerprint density at radius 3 is 2.69 bits per heavy atom. The smallest absolute Gasteiger partial charge is 0.0263 e. The van der Waals surface area contributed by atoms with Gasteiger partial charge in [-0.1, -0.05) is 12.8 Å². The van der Waals surface area contributed by atoms with Gasteiger partial charge in [0, 0.05) is 12.4 Å². The Labute approximate surface area is 86.4 Å². The van der Waals surface area contributed by atoms with Gasteiger partial charge in [0.15, 0.2) is 0 Å². The van der Waals surface area contributed by atoms with Crippen molar-refractivity contribution in [2.45, 2.75) is 32.1 Å². The molecule has 1 saturated carbocycles. The second-order valence-corrected chi connectivity index (χ2v) is 5.00. The van der Waals surface area contributed by atoms with E-state index in [1.807, 2.05) is 0 Å². The molecule has 0 aromatic heterocycles. The summed E-state index contributed by atoms with van der Waals surface area (Å²) in [6.07, 6.45) is 7.14. The largest absolute Gasteiger partial charge is 0.303 e. The lowest BCUT2D eigenvalue weighted by Crippen LogP contribution is -2.36. The number of hydrogen-bond donors (Lipinski definition) is 0. The van der Waals surface area contributed by atoms with Crippen molar-refractivity contribution in [3.63, 3.8) is 0 Å². The molecule has 1 aliphatic carbocycles. The van der Waals surface area contributed by atoms with E-state index in [4.69, 9.17) is 11.6 Å². The number of likely N-dealkylation sites (tertiary alicyclic amines) is 1. The quantitative estimate of drug-likeness (QED) is 0.633. The molecule has 1 atom stereocenters. The molecular formula is C11H20ClN. The molecule has 76 valence electrons. The first kappa shape index (κ1) is 9.79. The van der Waals surface area contributed by atoms with Crippen LogP contribution < -0.4 is 0 Å². The zero-order valence-corrected chi connectivity index (χ0v) is 9.10. The normalized spacial score (nSPS) is 30.7. The van der Waals surface area contributed by atoms with E-state index in [9.17, 15) is 0 Å². The van der Waals surface area contributed by atoms with Crippen molar-refractivity contribution < 1.29 is 0 Å². The third-order valence-corrected chi connectivity index (χ3v) is 3.81. The summed E-state index contributed by atoms with van der Waals surface area (Å²) >= 11 is 5.89. The van der Waals surface area contributed by atoms with Gasteiger partial charge in [-0.3, -0.25) is 0 Å². The predicted octanol–water partition coefficient (Wildman–Crippen LogP) is 2.74. The number of alkyl halides is 1. The van der Waals surface area contributed by atoms with Crippen LogP contribution >= 0.6 is 11.6 Å². The maximum absolute atomic E-state index is 5.89. The summed E-state index contributed by atoms with van der Waals surface area (Å²) in [5.41, 5.74) is 0. The lowest BCUT2D eigenvalue weighted by Gasteiger charge is -2.31. The van der Waals surface area contributed by atoms with E-state index in [1.165, 1.54) is 51.7 Å². The van der Waals surface area contributed by atoms with E-state index in [0.717, 1.165) is 17.7 Å². The number of hydrogen-bond acceptors (Lipinski definition) is 1. The van der Waals surface area contributed by atoms with Crippen molar-refractivity contribution in [2.24, 2.45) is 11.8 Å². The topological polar surface area (TPSA) is 3.24 Å². The van der Waals surface area contributed by atoms with E-state index in [-0.39, 0.29) is 0 Å². The summed E-state index contributed by atoms with van der Waals surface area (Å²) in [4.78, 5) is 2.62. The highest BCUT2D eigenvalue weighted by molar-refractivity contribution is 6.18. The minimum Gasteiger partial charge on any atom is -0.303 e.